The van der Waals surface area contributed by atoms with E-state index in [2.05, 4.69) is 20.0 Å². The quantitative estimate of drug-likeness (QED) is 0.435. The van der Waals surface area contributed by atoms with E-state index in [1.54, 1.807) is 0 Å². The lowest BCUT2D eigenvalue weighted by Gasteiger charge is -1.93. The number of rotatable bonds is 0. The summed E-state index contributed by atoms with van der Waals surface area (Å²) in [6.07, 6.45) is -1.24. The molecule has 1 rings (SSSR count). The predicted octanol–water partition coefficient (Wildman–Crippen LogP) is -0.605. The van der Waals surface area contributed by atoms with Crippen LogP contribution in [0.25, 0.3) is 9.69 Å². The molecule has 0 aromatic carbocycles. The van der Waals surface area contributed by atoms with Crippen LogP contribution < -0.4 is 11.1 Å². The summed E-state index contributed by atoms with van der Waals surface area (Å²) < 4.78 is 0. The minimum Gasteiger partial charge on any atom is -0.370 e. The number of hydrogen-bond donors (Lipinski definition) is 2. The van der Waals surface area contributed by atoms with Crippen LogP contribution in [0.1, 0.15) is 0 Å². The van der Waals surface area contributed by atoms with Gasteiger partial charge >= 0.3 is 12.3 Å². The van der Waals surface area contributed by atoms with Crippen molar-refractivity contribution in [3.8, 4) is 0 Å². The Morgan fingerprint density at radius 1 is 1.50 bits per heavy atom. The normalized spacial score (nSPS) is 29.6. The van der Waals surface area contributed by atoms with Gasteiger partial charge in [-0.25, -0.2) is 13.1 Å². The summed E-state index contributed by atoms with van der Waals surface area (Å²) in [5, 5.41) is 2.56. The van der Waals surface area contributed by atoms with E-state index >= 15 is 0 Å². The van der Waals surface area contributed by atoms with Gasteiger partial charge in [-0.15, -0.1) is 0 Å². The van der Waals surface area contributed by atoms with Gasteiger partial charge < -0.3 is 5.73 Å². The van der Waals surface area contributed by atoms with E-state index < -0.39 is 12.3 Å². The fourth-order valence-corrected chi connectivity index (χ4v) is 0.675. The molecule has 2 unspecified atom stereocenters. The van der Waals surface area contributed by atoms with Gasteiger partial charge in [-0.2, -0.15) is 4.99 Å². The van der Waals surface area contributed by atoms with Crippen molar-refractivity contribution in [2.75, 3.05) is 0 Å². The first kappa shape index (κ1) is 6.37. The molecule has 0 aromatic rings. The van der Waals surface area contributed by atoms with Crippen LogP contribution in [0.4, 0.5) is 0 Å². The molecule has 0 bridgehead atoms. The standard InChI is InChI=1S/C5H5N5/c1-7-3-4(8-2)10-5(6)9-3/h3-4H,(H3,6,9,10). The highest BCUT2D eigenvalue weighted by Gasteiger charge is 2.37. The molecule has 1 aliphatic rings. The van der Waals surface area contributed by atoms with Crippen molar-refractivity contribution in [3.05, 3.63) is 22.8 Å². The lowest BCUT2D eigenvalue weighted by Crippen LogP contribution is -2.34. The summed E-state index contributed by atoms with van der Waals surface area (Å²) in [7, 11) is 0. The monoisotopic (exact) mass is 135 g/mol. The van der Waals surface area contributed by atoms with Gasteiger partial charge in [0, 0.05) is 0 Å². The maximum Gasteiger partial charge on any atom is 0.412 e. The van der Waals surface area contributed by atoms with Crippen LogP contribution in [-0.4, -0.2) is 18.3 Å². The minimum atomic E-state index is -0.655. The Morgan fingerprint density at radius 2 is 2.20 bits per heavy atom. The SMILES string of the molecule is [C-]#[N+]C1N=C(N)NC1[N+]#[C-]. The Hall–Kier alpha value is -1.75. The number of hydrogen-bond acceptors (Lipinski definition) is 3. The van der Waals surface area contributed by atoms with Crippen LogP contribution >= 0.6 is 0 Å². The lowest BCUT2D eigenvalue weighted by atomic mass is 10.4. The van der Waals surface area contributed by atoms with Gasteiger partial charge in [0.05, 0.1) is 0 Å². The Morgan fingerprint density at radius 3 is 2.60 bits per heavy atom. The van der Waals surface area contributed by atoms with Crippen molar-refractivity contribution in [2.45, 2.75) is 12.3 Å². The molecule has 5 nitrogen and oxygen atoms in total. The summed E-state index contributed by atoms with van der Waals surface area (Å²) >= 11 is 0. The molecule has 0 spiro atoms. The van der Waals surface area contributed by atoms with E-state index in [9.17, 15) is 0 Å². The molecule has 1 heterocycles. The number of guanidine groups is 1. The fraction of sp³-hybridized carbons (Fsp3) is 0.400. The molecule has 3 N–H and O–H groups in total. The average Bonchev–Trinajstić information content (AvgIpc) is 2.30. The highest BCUT2D eigenvalue weighted by atomic mass is 15.3. The Kier molecular flexibility index (Phi) is 1.43. The third kappa shape index (κ3) is 0.848. The number of nitrogens with one attached hydrogen (secondary N) is 1. The zero-order valence-corrected chi connectivity index (χ0v) is 5.07. The van der Waals surface area contributed by atoms with Crippen molar-refractivity contribution < 1.29 is 0 Å². The first-order valence-corrected chi connectivity index (χ1v) is 2.61. The summed E-state index contributed by atoms with van der Waals surface area (Å²) in [5.74, 6) is 0.182. The number of aliphatic imine (C=N–C) groups is 1. The summed E-state index contributed by atoms with van der Waals surface area (Å²) in [6, 6.07) is 0. The van der Waals surface area contributed by atoms with E-state index in [0.717, 1.165) is 0 Å². The molecule has 5 heteroatoms. The Bertz CT molecular complexity index is 242. The zero-order chi connectivity index (χ0) is 7.56. The third-order valence-corrected chi connectivity index (χ3v) is 1.12. The van der Waals surface area contributed by atoms with Gasteiger partial charge in [0.2, 0.25) is 5.96 Å². The van der Waals surface area contributed by atoms with Crippen molar-refractivity contribution in [1.82, 2.24) is 5.32 Å². The van der Waals surface area contributed by atoms with E-state index in [0.29, 0.717) is 0 Å². The first-order valence-electron chi connectivity index (χ1n) is 2.61. The van der Waals surface area contributed by atoms with Crippen LogP contribution in [-0.2, 0) is 0 Å². The first-order chi connectivity index (χ1) is 4.77. The second kappa shape index (κ2) is 2.24. The van der Waals surface area contributed by atoms with Gasteiger partial charge in [0.1, 0.15) is 0 Å². The topological polar surface area (TPSA) is 59.1 Å². The highest BCUT2D eigenvalue weighted by molar-refractivity contribution is 5.80. The van der Waals surface area contributed by atoms with Crippen LogP contribution in [0, 0.1) is 13.1 Å². The van der Waals surface area contributed by atoms with Crippen LogP contribution in [0.2, 0.25) is 0 Å². The van der Waals surface area contributed by atoms with E-state index in [1.807, 2.05) is 0 Å². The molecule has 10 heavy (non-hydrogen) atoms. The molecule has 0 saturated heterocycles. The van der Waals surface area contributed by atoms with Gasteiger partial charge in [-0.1, -0.05) is 0 Å². The van der Waals surface area contributed by atoms with Crippen molar-refractivity contribution >= 4 is 5.96 Å². The zero-order valence-electron chi connectivity index (χ0n) is 5.07. The van der Waals surface area contributed by atoms with Crippen molar-refractivity contribution in [3.63, 3.8) is 0 Å². The molecular weight excluding hydrogens is 130 g/mol. The molecule has 50 valence electrons. The molecule has 0 aliphatic carbocycles. The van der Waals surface area contributed by atoms with Crippen LogP contribution in [0.15, 0.2) is 4.99 Å². The second-order valence-corrected chi connectivity index (χ2v) is 1.78. The van der Waals surface area contributed by atoms with Crippen LogP contribution in [0.5, 0.6) is 0 Å². The van der Waals surface area contributed by atoms with Gasteiger partial charge in [0.25, 0.3) is 0 Å². The summed E-state index contributed by atoms with van der Waals surface area (Å²) in [6.45, 7) is 13.2. The highest BCUT2D eigenvalue weighted by Crippen LogP contribution is 2.07. The molecule has 0 aromatic heterocycles. The van der Waals surface area contributed by atoms with E-state index in [-0.39, 0.29) is 5.96 Å². The average molecular weight is 135 g/mol. The molecule has 0 amide bonds. The summed E-state index contributed by atoms with van der Waals surface area (Å²) in [5.41, 5.74) is 5.22. The third-order valence-electron chi connectivity index (χ3n) is 1.12. The van der Waals surface area contributed by atoms with Gasteiger partial charge in [0.15, 0.2) is 0 Å². The molecule has 0 radical (unpaired) electrons. The fourth-order valence-electron chi connectivity index (χ4n) is 0.675. The van der Waals surface area contributed by atoms with E-state index in [4.69, 9.17) is 18.9 Å². The van der Waals surface area contributed by atoms with E-state index in [1.165, 1.54) is 0 Å². The Balaban J connectivity index is 2.75. The van der Waals surface area contributed by atoms with Crippen molar-refractivity contribution in [1.29, 1.82) is 0 Å². The van der Waals surface area contributed by atoms with Gasteiger partial charge in [-0.3, -0.25) is 15.0 Å². The molecule has 1 aliphatic heterocycles. The number of nitrogens with zero attached hydrogens (tertiary/aromatic N) is 3. The maximum atomic E-state index is 6.61. The minimum absolute atomic E-state index is 0.182. The predicted molar refractivity (Wildman–Crippen MR) is 35.5 cm³/mol. The van der Waals surface area contributed by atoms with Gasteiger partial charge in [-0.05, 0) is 0 Å². The number of nitrogens with two attached hydrogens (primary N) is 1. The maximum absolute atomic E-state index is 6.61. The Labute approximate surface area is 58.2 Å². The second-order valence-electron chi connectivity index (χ2n) is 1.78. The largest absolute Gasteiger partial charge is 0.412 e. The molecular formula is C5H5N5. The lowest BCUT2D eigenvalue weighted by molar-refractivity contribution is 0.693. The molecule has 0 fully saturated rings. The summed E-state index contributed by atoms with van der Waals surface area (Å²) in [4.78, 5) is 9.89. The van der Waals surface area contributed by atoms with Crippen molar-refractivity contribution in [2.24, 2.45) is 10.7 Å². The molecule has 2 atom stereocenters. The smallest absolute Gasteiger partial charge is 0.370 e. The van der Waals surface area contributed by atoms with Crippen LogP contribution in [0.3, 0.4) is 0 Å². The molecule has 0 saturated carbocycles.